The number of esters is 1. The molecule has 1 aliphatic heterocycles. The van der Waals surface area contributed by atoms with Gasteiger partial charge in [0.25, 0.3) is 0 Å². The predicted molar refractivity (Wildman–Crippen MR) is 151 cm³/mol. The summed E-state index contributed by atoms with van der Waals surface area (Å²) in [4.78, 5) is 13.0. The highest BCUT2D eigenvalue weighted by Crippen LogP contribution is 2.35. The molecule has 37 heavy (non-hydrogen) atoms. The maximum Gasteiger partial charge on any atom is 0.338 e. The second-order valence-corrected chi connectivity index (χ2v) is 11.1. The van der Waals surface area contributed by atoms with Crippen molar-refractivity contribution in [2.45, 2.75) is 76.3 Å². The number of hydrogen-bond donors (Lipinski definition) is 0. The third-order valence-corrected chi connectivity index (χ3v) is 7.49. The second-order valence-electron chi connectivity index (χ2n) is 10.0. The van der Waals surface area contributed by atoms with Crippen LogP contribution in [0.15, 0.2) is 66.7 Å². The first-order valence-electron chi connectivity index (χ1n) is 13.0. The quantitative estimate of drug-likeness (QED) is 0.124. The van der Waals surface area contributed by atoms with Gasteiger partial charge in [-0.3, -0.25) is 0 Å². The van der Waals surface area contributed by atoms with Gasteiger partial charge in [-0.2, -0.15) is 0 Å². The third kappa shape index (κ3) is 7.78. The number of ether oxygens (including phenoxy) is 5. The molecule has 2 aromatic rings. The fraction of sp³-hybridized carbons (Fsp3) is 0.500. The largest absolute Gasteiger partial charge is 0.497 e. The zero-order chi connectivity index (χ0) is 26.3. The molecule has 6 nitrogen and oxygen atoms in total. The van der Waals surface area contributed by atoms with Crippen molar-refractivity contribution in [3.05, 3.63) is 77.9 Å². The van der Waals surface area contributed by atoms with Crippen molar-refractivity contribution >= 4 is 28.6 Å². The topological polar surface area (TPSA) is 63.2 Å². The molecular weight excluding hydrogens is 583 g/mol. The number of carbonyl (C=O) groups is 1. The Kier molecular flexibility index (Phi) is 10.0. The van der Waals surface area contributed by atoms with Crippen molar-refractivity contribution in [2.24, 2.45) is 5.92 Å². The van der Waals surface area contributed by atoms with Crippen LogP contribution in [0.25, 0.3) is 0 Å². The van der Waals surface area contributed by atoms with Gasteiger partial charge in [-0.15, -0.1) is 0 Å². The summed E-state index contributed by atoms with van der Waals surface area (Å²) in [5.74, 6) is -0.0160. The van der Waals surface area contributed by atoms with Crippen LogP contribution in [0.5, 0.6) is 5.75 Å². The van der Waals surface area contributed by atoms with Gasteiger partial charge in [0, 0.05) is 10.3 Å². The van der Waals surface area contributed by atoms with Gasteiger partial charge in [-0.1, -0.05) is 65.4 Å². The van der Waals surface area contributed by atoms with E-state index in [0.29, 0.717) is 12.2 Å². The smallest absolute Gasteiger partial charge is 0.338 e. The minimum Gasteiger partial charge on any atom is -0.497 e. The Bertz CT molecular complexity index is 1020. The van der Waals surface area contributed by atoms with Gasteiger partial charge in [0.05, 0.1) is 31.5 Å². The Hall–Kier alpha value is -1.94. The van der Waals surface area contributed by atoms with Crippen molar-refractivity contribution in [2.75, 3.05) is 11.5 Å². The SMILES string of the molecule is COc1ccc(CO[C@@H]2CCCC2C=CC(OC(=O)c2ccccc2)C2OC(C)(C)OC2CCI)cc1. The average molecular weight is 621 g/mol. The number of benzene rings is 2. The van der Waals surface area contributed by atoms with Crippen LogP contribution in [0.2, 0.25) is 0 Å². The minimum absolute atomic E-state index is 0.117. The summed E-state index contributed by atoms with van der Waals surface area (Å²) >= 11 is 2.34. The van der Waals surface area contributed by atoms with Crippen LogP contribution in [0, 0.1) is 5.92 Å². The van der Waals surface area contributed by atoms with Crippen molar-refractivity contribution < 1.29 is 28.5 Å². The molecule has 1 saturated heterocycles. The number of alkyl halides is 1. The fourth-order valence-electron chi connectivity index (χ4n) is 5.01. The van der Waals surface area contributed by atoms with Crippen molar-refractivity contribution in [1.29, 1.82) is 0 Å². The normalized spacial score (nSPS) is 25.8. The molecule has 1 heterocycles. The molecular formula is C30H37IO6. The molecule has 2 fully saturated rings. The number of carbonyl (C=O) groups excluding carboxylic acids is 1. The van der Waals surface area contributed by atoms with Crippen LogP contribution in [-0.2, 0) is 25.6 Å². The lowest BCUT2D eigenvalue weighted by Gasteiger charge is -2.25. The highest BCUT2D eigenvalue weighted by molar-refractivity contribution is 14.1. The van der Waals surface area contributed by atoms with Crippen LogP contribution in [0.3, 0.4) is 0 Å². The van der Waals surface area contributed by atoms with Gasteiger partial charge in [0.1, 0.15) is 18.0 Å². The molecule has 200 valence electrons. The van der Waals surface area contributed by atoms with E-state index in [1.165, 1.54) is 0 Å². The lowest BCUT2D eigenvalue weighted by molar-refractivity contribution is -0.153. The summed E-state index contributed by atoms with van der Waals surface area (Å²) in [5.41, 5.74) is 1.64. The number of methoxy groups -OCH3 is 1. The highest BCUT2D eigenvalue weighted by atomic mass is 127. The van der Waals surface area contributed by atoms with Gasteiger partial charge < -0.3 is 23.7 Å². The molecule has 2 aromatic carbocycles. The Labute approximate surface area is 233 Å². The van der Waals surface area contributed by atoms with E-state index in [4.69, 9.17) is 23.7 Å². The first-order valence-corrected chi connectivity index (χ1v) is 14.5. The molecule has 0 spiro atoms. The standard InChI is InChI=1S/C30H37IO6/c1-30(2)36-27(18-19-31)28(37-30)26(35-29(32)23-8-5-4-6-9-23)17-14-22-10-7-11-25(22)34-20-21-12-15-24(33-3)16-13-21/h4-6,8-9,12-17,22,25-28H,7,10-11,18-20H2,1-3H3/t22?,25-,26?,27?,28?/m1/s1. The first-order chi connectivity index (χ1) is 17.9. The molecule has 1 saturated carbocycles. The monoisotopic (exact) mass is 620 g/mol. The Balaban J connectivity index is 1.47. The summed E-state index contributed by atoms with van der Waals surface area (Å²) in [6.07, 6.45) is 7.13. The van der Waals surface area contributed by atoms with E-state index in [1.54, 1.807) is 19.2 Å². The van der Waals surface area contributed by atoms with Gasteiger partial charge in [-0.25, -0.2) is 4.79 Å². The number of hydrogen-bond acceptors (Lipinski definition) is 6. The van der Waals surface area contributed by atoms with E-state index >= 15 is 0 Å². The predicted octanol–water partition coefficient (Wildman–Crippen LogP) is 6.51. The van der Waals surface area contributed by atoms with Crippen LogP contribution in [-0.4, -0.2) is 47.7 Å². The summed E-state index contributed by atoms with van der Waals surface area (Å²) < 4.78 is 31.0. The molecule has 1 aliphatic carbocycles. The van der Waals surface area contributed by atoms with E-state index in [1.807, 2.05) is 62.4 Å². The molecule has 0 bridgehead atoms. The Morgan fingerprint density at radius 2 is 1.86 bits per heavy atom. The molecule has 0 N–H and O–H groups in total. The van der Waals surface area contributed by atoms with Gasteiger partial charge in [0.2, 0.25) is 0 Å². The Morgan fingerprint density at radius 3 is 2.57 bits per heavy atom. The molecule has 0 aromatic heterocycles. The summed E-state index contributed by atoms with van der Waals surface area (Å²) in [6.45, 7) is 4.37. The molecule has 4 rings (SSSR count). The molecule has 5 atom stereocenters. The van der Waals surface area contributed by atoms with Crippen molar-refractivity contribution in [1.82, 2.24) is 0 Å². The van der Waals surface area contributed by atoms with Gasteiger partial charge >= 0.3 is 5.97 Å². The van der Waals surface area contributed by atoms with E-state index in [-0.39, 0.29) is 30.2 Å². The first kappa shape index (κ1) is 28.1. The molecule has 7 heteroatoms. The maximum absolute atomic E-state index is 13.0. The fourth-order valence-corrected chi connectivity index (χ4v) is 5.63. The van der Waals surface area contributed by atoms with Gasteiger partial charge in [0.15, 0.2) is 5.79 Å². The highest BCUT2D eigenvalue weighted by Gasteiger charge is 2.45. The molecule has 4 unspecified atom stereocenters. The van der Waals surface area contributed by atoms with E-state index in [0.717, 1.165) is 41.4 Å². The van der Waals surface area contributed by atoms with Crippen molar-refractivity contribution in [3.63, 3.8) is 0 Å². The molecule has 0 radical (unpaired) electrons. The zero-order valence-electron chi connectivity index (χ0n) is 21.8. The lowest BCUT2D eigenvalue weighted by Crippen LogP contribution is -2.38. The number of rotatable bonds is 11. The van der Waals surface area contributed by atoms with Crippen LogP contribution in [0.4, 0.5) is 0 Å². The maximum atomic E-state index is 13.0. The van der Waals surface area contributed by atoms with Crippen LogP contribution < -0.4 is 4.74 Å². The van der Waals surface area contributed by atoms with Crippen LogP contribution in [0.1, 0.15) is 55.5 Å². The summed E-state index contributed by atoms with van der Waals surface area (Å²) in [5, 5.41) is 0. The van der Waals surface area contributed by atoms with E-state index in [9.17, 15) is 4.79 Å². The molecule has 2 aliphatic rings. The van der Waals surface area contributed by atoms with Gasteiger partial charge in [-0.05, 0) is 69.0 Å². The summed E-state index contributed by atoms with van der Waals surface area (Å²) in [7, 11) is 1.67. The molecule has 0 amide bonds. The lowest BCUT2D eigenvalue weighted by atomic mass is 10.0. The Morgan fingerprint density at radius 1 is 1.11 bits per heavy atom. The van der Waals surface area contributed by atoms with E-state index < -0.39 is 11.9 Å². The van der Waals surface area contributed by atoms with Crippen molar-refractivity contribution in [3.8, 4) is 5.75 Å². The minimum atomic E-state index is -0.732. The average Bonchev–Trinajstić information content (AvgIpc) is 3.48. The number of halogens is 1. The van der Waals surface area contributed by atoms with Crippen LogP contribution >= 0.6 is 22.6 Å². The second kappa shape index (κ2) is 13.2. The third-order valence-electron chi connectivity index (χ3n) is 6.87. The van der Waals surface area contributed by atoms with E-state index in [2.05, 4.69) is 28.7 Å². The zero-order valence-corrected chi connectivity index (χ0v) is 24.0. The summed E-state index contributed by atoms with van der Waals surface area (Å²) in [6, 6.07) is 17.1.